The molecule has 0 aliphatic heterocycles. The summed E-state index contributed by atoms with van der Waals surface area (Å²) in [5.41, 5.74) is 4.99. The first-order chi connectivity index (χ1) is 9.78. The second-order valence-corrected chi connectivity index (χ2v) is 6.05. The normalized spacial score (nSPS) is 13.9. The Balaban J connectivity index is 2.00. The molecule has 102 valence electrons. The third kappa shape index (κ3) is 1.56. The van der Waals surface area contributed by atoms with Crippen molar-refractivity contribution >= 4 is 27.4 Å². The van der Waals surface area contributed by atoms with Gasteiger partial charge < -0.3 is 9.99 Å². The summed E-state index contributed by atoms with van der Waals surface area (Å²) in [4.78, 5) is 15.8. The zero-order valence-electron chi connectivity index (χ0n) is 11.1. The predicted molar refractivity (Wildman–Crippen MR) is 79.5 cm³/mol. The van der Waals surface area contributed by atoms with Crippen molar-refractivity contribution in [2.75, 3.05) is 5.43 Å². The highest BCUT2D eigenvalue weighted by atomic mass is 32.1. The highest BCUT2D eigenvalue weighted by molar-refractivity contribution is 7.19. The average molecular weight is 286 g/mol. The van der Waals surface area contributed by atoms with Gasteiger partial charge in [0.2, 0.25) is 0 Å². The fourth-order valence-electron chi connectivity index (χ4n) is 2.79. The molecule has 0 aromatic carbocycles. The SMILES string of the molecule is Cn1cncc1-c1nc(NN)c2c3c(sc2n1)CCC3. The number of nitrogens with two attached hydrogens (primary N) is 1. The Morgan fingerprint density at radius 1 is 1.35 bits per heavy atom. The number of nitrogens with one attached hydrogen (secondary N) is 1. The summed E-state index contributed by atoms with van der Waals surface area (Å²) >= 11 is 1.76. The van der Waals surface area contributed by atoms with Crippen LogP contribution in [0.5, 0.6) is 0 Å². The lowest BCUT2D eigenvalue weighted by atomic mass is 10.2. The number of nitrogen functional groups attached to an aromatic ring is 1. The number of hydrazine groups is 1. The van der Waals surface area contributed by atoms with Crippen LogP contribution in [0.1, 0.15) is 16.9 Å². The van der Waals surface area contributed by atoms with E-state index in [1.807, 2.05) is 11.6 Å². The van der Waals surface area contributed by atoms with Crippen molar-refractivity contribution in [3.63, 3.8) is 0 Å². The smallest absolute Gasteiger partial charge is 0.181 e. The van der Waals surface area contributed by atoms with E-state index >= 15 is 0 Å². The van der Waals surface area contributed by atoms with E-state index in [4.69, 9.17) is 10.8 Å². The molecular formula is C13H14N6S. The molecule has 0 saturated carbocycles. The molecule has 6 nitrogen and oxygen atoms in total. The van der Waals surface area contributed by atoms with Crippen LogP contribution in [0.4, 0.5) is 5.82 Å². The Bertz CT molecular complexity index is 803. The third-order valence-electron chi connectivity index (χ3n) is 3.75. The summed E-state index contributed by atoms with van der Waals surface area (Å²) in [6, 6.07) is 0. The molecule has 0 saturated heterocycles. The van der Waals surface area contributed by atoms with E-state index < -0.39 is 0 Å². The Kier molecular flexibility index (Phi) is 2.51. The van der Waals surface area contributed by atoms with E-state index in [0.29, 0.717) is 11.6 Å². The highest BCUT2D eigenvalue weighted by Gasteiger charge is 2.22. The molecule has 4 rings (SSSR count). The molecule has 1 aliphatic rings. The van der Waals surface area contributed by atoms with Gasteiger partial charge in [-0.15, -0.1) is 11.3 Å². The Morgan fingerprint density at radius 2 is 2.25 bits per heavy atom. The van der Waals surface area contributed by atoms with Crippen LogP contribution in [0.3, 0.4) is 0 Å². The molecule has 0 fully saturated rings. The number of hydrogen-bond acceptors (Lipinski definition) is 6. The maximum absolute atomic E-state index is 5.67. The van der Waals surface area contributed by atoms with Gasteiger partial charge in [-0.2, -0.15) is 0 Å². The molecule has 0 amide bonds. The molecule has 3 heterocycles. The quantitative estimate of drug-likeness (QED) is 0.555. The van der Waals surface area contributed by atoms with Crippen LogP contribution in [0.15, 0.2) is 12.5 Å². The molecular weight excluding hydrogens is 272 g/mol. The number of imidazole rings is 1. The molecule has 0 bridgehead atoms. The van der Waals surface area contributed by atoms with Gasteiger partial charge in [0.1, 0.15) is 10.5 Å². The topological polar surface area (TPSA) is 81.7 Å². The van der Waals surface area contributed by atoms with Gasteiger partial charge in [0.25, 0.3) is 0 Å². The van der Waals surface area contributed by atoms with E-state index in [0.717, 1.165) is 28.8 Å². The zero-order chi connectivity index (χ0) is 13.7. The lowest BCUT2D eigenvalue weighted by Crippen LogP contribution is -2.10. The average Bonchev–Trinajstić information content (AvgIpc) is 3.12. The van der Waals surface area contributed by atoms with E-state index in [1.54, 1.807) is 23.9 Å². The monoisotopic (exact) mass is 286 g/mol. The van der Waals surface area contributed by atoms with E-state index in [1.165, 1.54) is 16.9 Å². The molecule has 3 aromatic rings. The van der Waals surface area contributed by atoms with Crippen molar-refractivity contribution in [1.82, 2.24) is 19.5 Å². The van der Waals surface area contributed by atoms with Crippen LogP contribution >= 0.6 is 11.3 Å². The standard InChI is InChI=1S/C13H14N6S/c1-19-6-15-5-8(19)11-16-12(18-14)10-7-3-2-4-9(7)20-13(10)17-11/h5-6H,2-4,14H2,1H3,(H,16,17,18). The summed E-state index contributed by atoms with van der Waals surface area (Å²) in [7, 11) is 1.93. The minimum Gasteiger partial charge on any atom is -0.331 e. The minimum absolute atomic E-state index is 0.658. The fraction of sp³-hybridized carbons (Fsp3) is 0.308. The lowest BCUT2D eigenvalue weighted by molar-refractivity contribution is 0.909. The second-order valence-electron chi connectivity index (χ2n) is 4.97. The van der Waals surface area contributed by atoms with Crippen molar-refractivity contribution in [3.8, 4) is 11.5 Å². The van der Waals surface area contributed by atoms with Crippen molar-refractivity contribution in [1.29, 1.82) is 0 Å². The summed E-state index contributed by atoms with van der Waals surface area (Å²) in [5.74, 6) is 7.04. The van der Waals surface area contributed by atoms with Gasteiger partial charge >= 0.3 is 0 Å². The summed E-state index contributed by atoms with van der Waals surface area (Å²) in [6.45, 7) is 0. The molecule has 0 unspecified atom stereocenters. The first kappa shape index (κ1) is 11.8. The Labute approximate surface area is 119 Å². The van der Waals surface area contributed by atoms with Crippen LogP contribution in [-0.4, -0.2) is 19.5 Å². The number of rotatable bonds is 2. The maximum Gasteiger partial charge on any atom is 0.181 e. The van der Waals surface area contributed by atoms with Gasteiger partial charge in [-0.05, 0) is 24.8 Å². The molecule has 0 atom stereocenters. The van der Waals surface area contributed by atoms with E-state index in [2.05, 4.69) is 15.4 Å². The van der Waals surface area contributed by atoms with Crippen LogP contribution in [0.2, 0.25) is 0 Å². The first-order valence-electron chi connectivity index (χ1n) is 6.53. The molecule has 3 aromatic heterocycles. The number of aromatic nitrogens is 4. The van der Waals surface area contributed by atoms with Crippen molar-refractivity contribution in [2.45, 2.75) is 19.3 Å². The molecule has 7 heteroatoms. The van der Waals surface area contributed by atoms with Gasteiger partial charge in [-0.25, -0.2) is 20.8 Å². The van der Waals surface area contributed by atoms with Crippen LogP contribution < -0.4 is 11.3 Å². The first-order valence-corrected chi connectivity index (χ1v) is 7.35. The van der Waals surface area contributed by atoms with Crippen molar-refractivity contribution < 1.29 is 0 Å². The Hall–Kier alpha value is -1.99. The van der Waals surface area contributed by atoms with Crippen molar-refractivity contribution in [2.24, 2.45) is 12.9 Å². The number of nitrogens with zero attached hydrogens (tertiary/aromatic N) is 4. The molecule has 20 heavy (non-hydrogen) atoms. The number of anilines is 1. The number of hydrogen-bond donors (Lipinski definition) is 2. The fourth-order valence-corrected chi connectivity index (χ4v) is 4.05. The van der Waals surface area contributed by atoms with Gasteiger partial charge in [-0.3, -0.25) is 0 Å². The second kappa shape index (κ2) is 4.26. The molecule has 1 aliphatic carbocycles. The number of aryl methyl sites for hydroxylation is 3. The molecule has 3 N–H and O–H groups in total. The third-order valence-corrected chi connectivity index (χ3v) is 4.93. The molecule has 0 radical (unpaired) electrons. The highest BCUT2D eigenvalue weighted by Crippen LogP contribution is 2.40. The molecule has 0 spiro atoms. The summed E-state index contributed by atoms with van der Waals surface area (Å²) in [6.07, 6.45) is 6.96. The van der Waals surface area contributed by atoms with Gasteiger partial charge in [-0.1, -0.05) is 0 Å². The van der Waals surface area contributed by atoms with Gasteiger partial charge in [0.05, 0.1) is 17.9 Å². The Morgan fingerprint density at radius 3 is 3.00 bits per heavy atom. The minimum atomic E-state index is 0.658. The van der Waals surface area contributed by atoms with Gasteiger partial charge in [0, 0.05) is 11.9 Å². The largest absolute Gasteiger partial charge is 0.331 e. The maximum atomic E-state index is 5.67. The van der Waals surface area contributed by atoms with Crippen LogP contribution in [0, 0.1) is 0 Å². The summed E-state index contributed by atoms with van der Waals surface area (Å²) in [5, 5.41) is 1.09. The van der Waals surface area contributed by atoms with Crippen LogP contribution in [-0.2, 0) is 19.9 Å². The van der Waals surface area contributed by atoms with Crippen LogP contribution in [0.25, 0.3) is 21.7 Å². The lowest BCUT2D eigenvalue weighted by Gasteiger charge is -2.06. The summed E-state index contributed by atoms with van der Waals surface area (Å²) < 4.78 is 1.91. The van der Waals surface area contributed by atoms with E-state index in [-0.39, 0.29) is 0 Å². The zero-order valence-corrected chi connectivity index (χ0v) is 11.9. The number of thiophene rings is 1. The van der Waals surface area contributed by atoms with Gasteiger partial charge in [0.15, 0.2) is 11.6 Å². The number of fused-ring (bicyclic) bond motifs is 3. The predicted octanol–water partition coefficient (Wildman–Crippen LogP) is 1.87. The van der Waals surface area contributed by atoms with Crippen molar-refractivity contribution in [3.05, 3.63) is 23.0 Å². The van der Waals surface area contributed by atoms with E-state index in [9.17, 15) is 0 Å².